The molecule has 0 aliphatic carbocycles. The highest BCUT2D eigenvalue weighted by molar-refractivity contribution is 5.78. The first-order chi connectivity index (χ1) is 12.3. The molecule has 5 heteroatoms. The molecule has 1 aromatic carbocycles. The number of hydrogen-bond acceptors (Lipinski definition) is 4. The normalized spacial score (nSPS) is 18.4. The van der Waals surface area contributed by atoms with E-state index >= 15 is 0 Å². The second-order valence-corrected chi connectivity index (χ2v) is 7.24. The Morgan fingerprint density at radius 3 is 3.08 bits per heavy atom. The van der Waals surface area contributed by atoms with Gasteiger partial charge in [-0.1, -0.05) is 18.2 Å². The van der Waals surface area contributed by atoms with Gasteiger partial charge in [0.15, 0.2) is 0 Å². The van der Waals surface area contributed by atoms with Crippen molar-refractivity contribution in [1.82, 2.24) is 25.0 Å². The third kappa shape index (κ3) is 4.06. The quantitative estimate of drug-likeness (QED) is 0.752. The largest absolute Gasteiger partial charge is 0.302 e. The van der Waals surface area contributed by atoms with Gasteiger partial charge in [-0.2, -0.15) is 5.10 Å². The van der Waals surface area contributed by atoms with Gasteiger partial charge in [-0.05, 0) is 49.2 Å². The van der Waals surface area contributed by atoms with Crippen molar-refractivity contribution < 1.29 is 0 Å². The van der Waals surface area contributed by atoms with Crippen LogP contribution in [0.25, 0.3) is 10.9 Å². The number of nitrogens with zero attached hydrogens (tertiary/aromatic N) is 4. The highest BCUT2D eigenvalue weighted by Gasteiger charge is 2.23. The number of benzene rings is 1. The molecule has 1 N–H and O–H groups in total. The minimum absolute atomic E-state index is 0.748. The third-order valence-corrected chi connectivity index (χ3v) is 5.03. The zero-order valence-electron chi connectivity index (χ0n) is 14.7. The fourth-order valence-electron chi connectivity index (χ4n) is 3.85. The molecule has 0 saturated carbocycles. The average Bonchev–Trinajstić information content (AvgIpc) is 3.24. The van der Waals surface area contributed by atoms with Crippen molar-refractivity contribution >= 4 is 10.9 Å². The van der Waals surface area contributed by atoms with Crippen LogP contribution in [0.5, 0.6) is 0 Å². The summed E-state index contributed by atoms with van der Waals surface area (Å²) >= 11 is 0. The number of rotatable bonds is 6. The molecule has 1 atom stereocenters. The third-order valence-electron chi connectivity index (χ3n) is 5.03. The number of aromatic amines is 1. The van der Waals surface area contributed by atoms with E-state index in [-0.39, 0.29) is 0 Å². The molecule has 0 radical (unpaired) electrons. The second-order valence-electron chi connectivity index (χ2n) is 7.24. The number of H-pyrrole nitrogens is 1. The van der Waals surface area contributed by atoms with Crippen molar-refractivity contribution in [3.63, 3.8) is 0 Å². The molecule has 0 bridgehead atoms. The van der Waals surface area contributed by atoms with E-state index < -0.39 is 0 Å². The fraction of sp³-hybridized carbons (Fsp3) is 0.400. The van der Waals surface area contributed by atoms with Crippen LogP contribution in [0.4, 0.5) is 0 Å². The molecule has 3 aromatic rings. The van der Waals surface area contributed by atoms with Crippen LogP contribution in [0.1, 0.15) is 17.5 Å². The molecule has 0 spiro atoms. The molecule has 25 heavy (non-hydrogen) atoms. The van der Waals surface area contributed by atoms with E-state index in [1.54, 1.807) is 0 Å². The number of hydrogen-bond donors (Lipinski definition) is 1. The van der Waals surface area contributed by atoms with E-state index in [0.717, 1.165) is 31.1 Å². The lowest BCUT2D eigenvalue weighted by atomic mass is 10.1. The Morgan fingerprint density at radius 1 is 1.24 bits per heavy atom. The monoisotopic (exact) mass is 335 g/mol. The van der Waals surface area contributed by atoms with Crippen LogP contribution in [-0.2, 0) is 13.1 Å². The van der Waals surface area contributed by atoms with E-state index in [1.807, 2.05) is 24.7 Å². The highest BCUT2D eigenvalue weighted by atomic mass is 15.2. The first kappa shape index (κ1) is 16.2. The molecule has 1 fully saturated rings. The van der Waals surface area contributed by atoms with Gasteiger partial charge >= 0.3 is 0 Å². The fourth-order valence-corrected chi connectivity index (χ4v) is 3.85. The smallest absolute Gasteiger partial charge is 0.0653 e. The lowest BCUT2D eigenvalue weighted by Gasteiger charge is -2.21. The topological polar surface area (TPSA) is 48.1 Å². The molecule has 0 amide bonds. The number of aromatic nitrogens is 3. The number of likely N-dealkylation sites (tertiary alicyclic amines) is 1. The summed E-state index contributed by atoms with van der Waals surface area (Å²) in [6, 6.07) is 10.8. The van der Waals surface area contributed by atoms with Gasteiger partial charge < -0.3 is 4.90 Å². The zero-order chi connectivity index (χ0) is 17.1. The van der Waals surface area contributed by atoms with E-state index in [2.05, 4.69) is 56.3 Å². The van der Waals surface area contributed by atoms with Crippen molar-refractivity contribution in [2.45, 2.75) is 19.5 Å². The molecule has 1 aliphatic heterocycles. The van der Waals surface area contributed by atoms with E-state index in [9.17, 15) is 0 Å². The Hall–Kier alpha value is -2.24. The van der Waals surface area contributed by atoms with Crippen LogP contribution < -0.4 is 0 Å². The molecule has 2 aromatic heterocycles. The van der Waals surface area contributed by atoms with Crippen LogP contribution in [0.3, 0.4) is 0 Å². The summed E-state index contributed by atoms with van der Waals surface area (Å²) in [5.74, 6) is 0.748. The molecule has 130 valence electrons. The van der Waals surface area contributed by atoms with Crippen molar-refractivity contribution in [3.05, 3.63) is 60.0 Å². The molecular formula is C20H25N5. The molecule has 1 aliphatic rings. The first-order valence-electron chi connectivity index (χ1n) is 8.98. The van der Waals surface area contributed by atoms with Crippen LogP contribution in [0.2, 0.25) is 0 Å². The summed E-state index contributed by atoms with van der Waals surface area (Å²) in [6.07, 6.45) is 6.95. The summed E-state index contributed by atoms with van der Waals surface area (Å²) < 4.78 is 0. The first-order valence-corrected chi connectivity index (χ1v) is 8.98. The highest BCUT2D eigenvalue weighted by Crippen LogP contribution is 2.21. The van der Waals surface area contributed by atoms with E-state index in [1.165, 1.54) is 36.0 Å². The second kappa shape index (κ2) is 7.33. The molecule has 5 nitrogen and oxygen atoms in total. The van der Waals surface area contributed by atoms with Crippen LogP contribution in [0.15, 0.2) is 48.9 Å². The average molecular weight is 335 g/mol. The molecule has 1 saturated heterocycles. The summed E-state index contributed by atoms with van der Waals surface area (Å²) in [4.78, 5) is 9.19. The lowest BCUT2D eigenvalue weighted by molar-refractivity contribution is 0.254. The Kier molecular flexibility index (Phi) is 4.76. The molecule has 0 unspecified atom stereocenters. The standard InChI is InChI=1S/C20H25N5/c1-24(12-17-3-2-7-21-10-17)13-18-6-8-25(15-18)14-16-4-5-19-11-22-23-20(19)9-16/h2-5,7,9-11,18H,6,8,12-15H2,1H3,(H,22,23)/t18-/m1/s1. The number of fused-ring (bicyclic) bond motifs is 1. The van der Waals surface area contributed by atoms with E-state index in [0.29, 0.717) is 0 Å². The Labute approximate surface area is 148 Å². The van der Waals surface area contributed by atoms with Gasteiger partial charge in [-0.3, -0.25) is 15.0 Å². The predicted molar refractivity (Wildman–Crippen MR) is 100 cm³/mol. The van der Waals surface area contributed by atoms with Crippen molar-refractivity contribution in [1.29, 1.82) is 0 Å². The Balaban J connectivity index is 1.29. The molecular weight excluding hydrogens is 310 g/mol. The summed E-state index contributed by atoms with van der Waals surface area (Å²) in [5, 5.41) is 8.35. The maximum atomic E-state index is 4.20. The number of nitrogens with one attached hydrogen (secondary N) is 1. The Morgan fingerprint density at radius 2 is 2.20 bits per heavy atom. The SMILES string of the molecule is CN(Cc1cccnc1)C[C@H]1CCN(Cc2ccc3cn[nH]c3c2)C1. The summed E-state index contributed by atoms with van der Waals surface area (Å²) in [7, 11) is 2.21. The summed E-state index contributed by atoms with van der Waals surface area (Å²) in [6.45, 7) is 5.51. The van der Waals surface area contributed by atoms with Gasteiger partial charge in [0.2, 0.25) is 0 Å². The van der Waals surface area contributed by atoms with Gasteiger partial charge in [0, 0.05) is 44.0 Å². The maximum Gasteiger partial charge on any atom is 0.0653 e. The minimum Gasteiger partial charge on any atom is -0.302 e. The maximum absolute atomic E-state index is 4.20. The zero-order valence-corrected chi connectivity index (χ0v) is 14.7. The number of pyridine rings is 1. The van der Waals surface area contributed by atoms with E-state index in [4.69, 9.17) is 0 Å². The molecule has 4 rings (SSSR count). The van der Waals surface area contributed by atoms with Crippen molar-refractivity contribution in [2.75, 3.05) is 26.7 Å². The molecule has 3 heterocycles. The minimum atomic E-state index is 0.748. The van der Waals surface area contributed by atoms with Crippen LogP contribution in [0, 0.1) is 5.92 Å². The summed E-state index contributed by atoms with van der Waals surface area (Å²) in [5.41, 5.74) is 3.78. The van der Waals surface area contributed by atoms with Gasteiger partial charge in [-0.15, -0.1) is 0 Å². The Bertz CT molecular complexity index is 813. The van der Waals surface area contributed by atoms with Crippen molar-refractivity contribution in [3.8, 4) is 0 Å². The lowest BCUT2D eigenvalue weighted by Crippen LogP contribution is -2.28. The van der Waals surface area contributed by atoms with Crippen LogP contribution >= 0.6 is 0 Å². The van der Waals surface area contributed by atoms with Gasteiger partial charge in [-0.25, -0.2) is 0 Å². The van der Waals surface area contributed by atoms with Gasteiger partial charge in [0.05, 0.1) is 11.7 Å². The van der Waals surface area contributed by atoms with Crippen LogP contribution in [-0.4, -0.2) is 51.7 Å². The van der Waals surface area contributed by atoms with Crippen molar-refractivity contribution in [2.24, 2.45) is 5.92 Å². The van der Waals surface area contributed by atoms with Gasteiger partial charge in [0.1, 0.15) is 0 Å². The van der Waals surface area contributed by atoms with Gasteiger partial charge in [0.25, 0.3) is 0 Å². The predicted octanol–water partition coefficient (Wildman–Crippen LogP) is 2.91.